The van der Waals surface area contributed by atoms with Gasteiger partial charge in [-0.25, -0.2) is 0 Å². The third kappa shape index (κ3) is 2.74. The van der Waals surface area contributed by atoms with Gasteiger partial charge in [-0.05, 0) is 32.6 Å². The van der Waals surface area contributed by atoms with Crippen LogP contribution >= 0.6 is 0 Å². The number of carbonyl (C=O) groups is 1. The highest BCUT2D eigenvalue weighted by atomic mass is 16.1. The topological polar surface area (TPSA) is 57.8 Å². The monoisotopic (exact) mass is 249 g/mol. The molecule has 0 spiro atoms. The molecule has 2 N–H and O–H groups in total. The van der Waals surface area contributed by atoms with Crippen molar-refractivity contribution in [3.63, 3.8) is 0 Å². The maximum Gasteiger partial charge on any atom is 0.255 e. The number of rotatable bonds is 2. The number of hydrogen-bond acceptors (Lipinski definition) is 2. The molecule has 0 bridgehead atoms. The molecule has 4 nitrogen and oxygen atoms in total. The number of nitrogens with zero attached hydrogens (tertiary/aromatic N) is 1. The molecule has 1 amide bonds. The zero-order chi connectivity index (χ0) is 13.1. The van der Waals surface area contributed by atoms with Gasteiger partial charge in [0.2, 0.25) is 0 Å². The van der Waals surface area contributed by atoms with Crippen molar-refractivity contribution in [2.45, 2.75) is 58.9 Å². The van der Waals surface area contributed by atoms with Gasteiger partial charge in [-0.15, -0.1) is 0 Å². The lowest BCUT2D eigenvalue weighted by atomic mass is 9.96. The van der Waals surface area contributed by atoms with Crippen LogP contribution in [-0.4, -0.2) is 22.1 Å². The minimum atomic E-state index is 0.0255. The van der Waals surface area contributed by atoms with E-state index in [2.05, 4.69) is 22.4 Å². The van der Waals surface area contributed by atoms with Crippen LogP contribution in [0.15, 0.2) is 0 Å². The maximum absolute atomic E-state index is 12.3. The van der Waals surface area contributed by atoms with E-state index >= 15 is 0 Å². The van der Waals surface area contributed by atoms with Gasteiger partial charge in [-0.3, -0.25) is 9.89 Å². The number of aryl methyl sites for hydroxylation is 2. The summed E-state index contributed by atoms with van der Waals surface area (Å²) < 4.78 is 0. The molecular formula is C14H23N3O. The first-order chi connectivity index (χ1) is 8.59. The molecule has 1 aromatic rings. The van der Waals surface area contributed by atoms with E-state index in [4.69, 9.17) is 0 Å². The fraction of sp³-hybridized carbons (Fsp3) is 0.714. The Morgan fingerprint density at radius 3 is 2.67 bits per heavy atom. The van der Waals surface area contributed by atoms with Crippen LogP contribution in [0.5, 0.6) is 0 Å². The number of hydrogen-bond donors (Lipinski definition) is 2. The Balaban J connectivity index is 2.06. The second kappa shape index (κ2) is 5.55. The molecule has 1 aliphatic carbocycles. The molecule has 18 heavy (non-hydrogen) atoms. The summed E-state index contributed by atoms with van der Waals surface area (Å²) in [6, 6.07) is 0.314. The fourth-order valence-corrected chi connectivity index (χ4v) is 2.83. The van der Waals surface area contributed by atoms with E-state index < -0.39 is 0 Å². The molecular weight excluding hydrogens is 226 g/mol. The van der Waals surface area contributed by atoms with E-state index in [0.29, 0.717) is 17.5 Å². The summed E-state index contributed by atoms with van der Waals surface area (Å²) in [6.07, 6.45) is 6.12. The van der Waals surface area contributed by atoms with E-state index in [-0.39, 0.29) is 5.91 Å². The van der Waals surface area contributed by atoms with Crippen molar-refractivity contribution in [3.8, 4) is 0 Å². The van der Waals surface area contributed by atoms with E-state index in [0.717, 1.165) is 17.8 Å². The molecule has 4 heteroatoms. The summed E-state index contributed by atoms with van der Waals surface area (Å²) in [5, 5.41) is 10.1. The van der Waals surface area contributed by atoms with Gasteiger partial charge in [0.25, 0.3) is 5.91 Å². The standard InChI is InChI=1S/C14H23N3O/c1-9-7-5-4-6-8-12(9)15-14(18)13-10(2)16-17-11(13)3/h9,12H,4-8H2,1-3H3,(H,15,18)(H,16,17). The molecule has 2 unspecified atom stereocenters. The first kappa shape index (κ1) is 13.1. The van der Waals surface area contributed by atoms with Crippen molar-refractivity contribution < 1.29 is 4.79 Å². The number of nitrogens with one attached hydrogen (secondary N) is 2. The quantitative estimate of drug-likeness (QED) is 0.792. The number of amides is 1. The Labute approximate surface area is 109 Å². The van der Waals surface area contributed by atoms with Crippen LogP contribution in [0.1, 0.15) is 60.8 Å². The summed E-state index contributed by atoms with van der Waals surface area (Å²) >= 11 is 0. The molecule has 2 atom stereocenters. The molecule has 0 radical (unpaired) electrons. The van der Waals surface area contributed by atoms with Gasteiger partial charge < -0.3 is 5.32 Å². The van der Waals surface area contributed by atoms with E-state index in [1.54, 1.807) is 0 Å². The Morgan fingerprint density at radius 1 is 1.28 bits per heavy atom. The highest BCUT2D eigenvalue weighted by molar-refractivity contribution is 5.96. The first-order valence-electron chi connectivity index (χ1n) is 6.92. The van der Waals surface area contributed by atoms with Gasteiger partial charge in [-0.1, -0.05) is 26.2 Å². The second-order valence-electron chi connectivity index (χ2n) is 5.50. The smallest absolute Gasteiger partial charge is 0.255 e. The highest BCUT2D eigenvalue weighted by Crippen LogP contribution is 2.23. The summed E-state index contributed by atoms with van der Waals surface area (Å²) in [4.78, 5) is 12.3. The minimum Gasteiger partial charge on any atom is -0.349 e. The SMILES string of the molecule is Cc1n[nH]c(C)c1C(=O)NC1CCCCCC1C. The number of H-pyrrole nitrogens is 1. The predicted molar refractivity (Wildman–Crippen MR) is 71.6 cm³/mol. The maximum atomic E-state index is 12.3. The zero-order valence-corrected chi connectivity index (χ0v) is 11.5. The normalized spacial score (nSPS) is 24.6. The van der Waals surface area contributed by atoms with Crippen LogP contribution in [0, 0.1) is 19.8 Å². The Bertz CT molecular complexity index is 405. The zero-order valence-electron chi connectivity index (χ0n) is 11.5. The van der Waals surface area contributed by atoms with Crippen molar-refractivity contribution >= 4 is 5.91 Å². The molecule has 0 saturated heterocycles. The number of aromatic nitrogens is 2. The van der Waals surface area contributed by atoms with Crippen molar-refractivity contribution in [1.82, 2.24) is 15.5 Å². The molecule has 1 heterocycles. The van der Waals surface area contributed by atoms with Crippen molar-refractivity contribution in [1.29, 1.82) is 0 Å². The van der Waals surface area contributed by atoms with Crippen molar-refractivity contribution in [3.05, 3.63) is 17.0 Å². The molecule has 1 fully saturated rings. The molecule has 1 aliphatic rings. The highest BCUT2D eigenvalue weighted by Gasteiger charge is 2.24. The summed E-state index contributed by atoms with van der Waals surface area (Å²) in [5.41, 5.74) is 2.35. The van der Waals surface area contributed by atoms with Gasteiger partial charge in [0.05, 0.1) is 11.3 Å². The van der Waals surface area contributed by atoms with Crippen molar-refractivity contribution in [2.24, 2.45) is 5.92 Å². The Kier molecular flexibility index (Phi) is 4.04. The Hall–Kier alpha value is -1.32. The fourth-order valence-electron chi connectivity index (χ4n) is 2.83. The summed E-state index contributed by atoms with van der Waals surface area (Å²) in [5.74, 6) is 0.599. The van der Waals surface area contributed by atoms with Crippen LogP contribution in [-0.2, 0) is 0 Å². The van der Waals surface area contributed by atoms with Crippen LogP contribution < -0.4 is 5.32 Å². The second-order valence-corrected chi connectivity index (χ2v) is 5.50. The predicted octanol–water partition coefficient (Wildman–Crippen LogP) is 2.73. The first-order valence-corrected chi connectivity index (χ1v) is 6.92. The van der Waals surface area contributed by atoms with Crippen LogP contribution in [0.4, 0.5) is 0 Å². The summed E-state index contributed by atoms with van der Waals surface area (Å²) in [7, 11) is 0. The third-order valence-electron chi connectivity index (χ3n) is 4.03. The lowest BCUT2D eigenvalue weighted by Crippen LogP contribution is -2.39. The van der Waals surface area contributed by atoms with Gasteiger partial charge in [0.15, 0.2) is 0 Å². The van der Waals surface area contributed by atoms with Gasteiger partial charge >= 0.3 is 0 Å². The van der Waals surface area contributed by atoms with E-state index in [1.165, 1.54) is 25.7 Å². The van der Waals surface area contributed by atoms with Crippen LogP contribution in [0.3, 0.4) is 0 Å². The molecule has 0 aliphatic heterocycles. The minimum absolute atomic E-state index is 0.0255. The van der Waals surface area contributed by atoms with Gasteiger partial charge in [0.1, 0.15) is 0 Å². The van der Waals surface area contributed by atoms with E-state index in [9.17, 15) is 4.79 Å². The Morgan fingerprint density at radius 2 is 2.00 bits per heavy atom. The molecule has 1 saturated carbocycles. The van der Waals surface area contributed by atoms with E-state index in [1.807, 2.05) is 13.8 Å². The molecule has 1 aromatic heterocycles. The largest absolute Gasteiger partial charge is 0.349 e. The number of carbonyl (C=O) groups excluding carboxylic acids is 1. The van der Waals surface area contributed by atoms with Crippen LogP contribution in [0.2, 0.25) is 0 Å². The average molecular weight is 249 g/mol. The summed E-state index contributed by atoms with van der Waals surface area (Å²) in [6.45, 7) is 6.01. The third-order valence-corrected chi connectivity index (χ3v) is 4.03. The molecule has 2 rings (SSSR count). The average Bonchev–Trinajstić information content (AvgIpc) is 2.53. The van der Waals surface area contributed by atoms with Gasteiger partial charge in [-0.2, -0.15) is 5.10 Å². The lowest BCUT2D eigenvalue weighted by molar-refractivity contribution is 0.0920. The van der Waals surface area contributed by atoms with Gasteiger partial charge in [0, 0.05) is 11.7 Å². The van der Waals surface area contributed by atoms with Crippen LogP contribution in [0.25, 0.3) is 0 Å². The molecule has 0 aromatic carbocycles. The lowest BCUT2D eigenvalue weighted by Gasteiger charge is -2.22. The number of aromatic amines is 1. The molecule has 100 valence electrons. The van der Waals surface area contributed by atoms with Crippen molar-refractivity contribution in [2.75, 3.05) is 0 Å².